The molecule has 19 heavy (non-hydrogen) atoms. The Kier molecular flexibility index (Phi) is 4.83. The molecule has 0 fully saturated rings. The predicted molar refractivity (Wildman–Crippen MR) is 77.4 cm³/mol. The van der Waals surface area contributed by atoms with E-state index in [9.17, 15) is 4.79 Å². The summed E-state index contributed by atoms with van der Waals surface area (Å²) in [5.41, 5.74) is 3.87. The molecule has 1 N–H and O–H groups in total. The highest BCUT2D eigenvalue weighted by Gasteiger charge is 2.16. The molecule has 1 aromatic carbocycles. The Bertz CT molecular complexity index is 442. The molecule has 1 atom stereocenters. The van der Waals surface area contributed by atoms with Crippen molar-refractivity contribution in [2.24, 2.45) is 5.92 Å². The molecule has 1 aromatic rings. The number of fused-ring (bicyclic) bond motifs is 1. The molecule has 0 spiro atoms. The van der Waals surface area contributed by atoms with Gasteiger partial charge in [0.1, 0.15) is 0 Å². The fourth-order valence-electron chi connectivity index (χ4n) is 2.55. The monoisotopic (exact) mass is 261 g/mol. The number of carbonyl (C=O) groups excluding carboxylic acids is 1. The molecule has 0 saturated carbocycles. The Morgan fingerprint density at radius 2 is 2.26 bits per heavy atom. The van der Waals surface area contributed by atoms with Gasteiger partial charge in [-0.15, -0.1) is 0 Å². The summed E-state index contributed by atoms with van der Waals surface area (Å²) in [5, 5.41) is 3.48. The summed E-state index contributed by atoms with van der Waals surface area (Å²) in [4.78, 5) is 11.4. The average molecular weight is 261 g/mol. The van der Waals surface area contributed by atoms with E-state index in [-0.39, 0.29) is 5.97 Å². The molecular formula is C16H23NO2. The quantitative estimate of drug-likeness (QED) is 0.827. The molecule has 3 heteroatoms. The number of nitrogens with one attached hydrogen (secondary N) is 1. The fraction of sp³-hybridized carbons (Fsp3) is 0.562. The first-order chi connectivity index (χ1) is 9.22. The van der Waals surface area contributed by atoms with Crippen LogP contribution >= 0.6 is 0 Å². The van der Waals surface area contributed by atoms with Gasteiger partial charge in [0.15, 0.2) is 0 Å². The summed E-state index contributed by atoms with van der Waals surface area (Å²) in [6.07, 6.45) is 3.59. The van der Waals surface area contributed by atoms with Gasteiger partial charge >= 0.3 is 5.97 Å². The van der Waals surface area contributed by atoms with Gasteiger partial charge in [-0.25, -0.2) is 0 Å². The van der Waals surface area contributed by atoms with Crippen LogP contribution in [0.4, 0.5) is 5.69 Å². The Labute approximate surface area is 115 Å². The number of anilines is 1. The lowest BCUT2D eigenvalue weighted by Gasteiger charge is -2.25. The van der Waals surface area contributed by atoms with Crippen LogP contribution in [0.15, 0.2) is 18.2 Å². The lowest BCUT2D eigenvalue weighted by molar-refractivity contribution is -0.143. The normalized spacial score (nSPS) is 17.5. The van der Waals surface area contributed by atoms with Crippen LogP contribution in [0.25, 0.3) is 0 Å². The van der Waals surface area contributed by atoms with Gasteiger partial charge in [-0.05, 0) is 42.9 Å². The van der Waals surface area contributed by atoms with E-state index in [4.69, 9.17) is 4.74 Å². The van der Waals surface area contributed by atoms with Gasteiger partial charge in [0, 0.05) is 18.7 Å². The Hall–Kier alpha value is -1.51. The maximum Gasteiger partial charge on any atom is 0.306 e. The van der Waals surface area contributed by atoms with Crippen LogP contribution in [0.1, 0.15) is 37.8 Å². The molecule has 104 valence electrons. The van der Waals surface area contributed by atoms with Crippen molar-refractivity contribution < 1.29 is 9.53 Å². The number of ether oxygens (including phenoxy) is 1. The van der Waals surface area contributed by atoms with Crippen molar-refractivity contribution in [3.05, 3.63) is 29.3 Å². The second-order valence-corrected chi connectivity index (χ2v) is 5.16. The molecule has 0 bridgehead atoms. The lowest BCUT2D eigenvalue weighted by Crippen LogP contribution is -2.22. The Balaban J connectivity index is 1.98. The van der Waals surface area contributed by atoms with Crippen LogP contribution < -0.4 is 5.32 Å². The Morgan fingerprint density at radius 1 is 1.42 bits per heavy atom. The number of benzene rings is 1. The van der Waals surface area contributed by atoms with Crippen LogP contribution in [0.2, 0.25) is 0 Å². The maximum atomic E-state index is 11.4. The van der Waals surface area contributed by atoms with Gasteiger partial charge < -0.3 is 10.1 Å². The van der Waals surface area contributed by atoms with Gasteiger partial charge in [-0.1, -0.05) is 25.5 Å². The molecule has 0 saturated heterocycles. The third-order valence-electron chi connectivity index (χ3n) is 3.76. The topological polar surface area (TPSA) is 38.3 Å². The van der Waals surface area contributed by atoms with E-state index in [1.54, 1.807) is 0 Å². The average Bonchev–Trinajstić information content (AvgIpc) is 2.44. The number of rotatable bonds is 5. The van der Waals surface area contributed by atoms with E-state index >= 15 is 0 Å². The van der Waals surface area contributed by atoms with Crippen molar-refractivity contribution in [3.8, 4) is 0 Å². The summed E-state index contributed by atoms with van der Waals surface area (Å²) < 4.78 is 4.96. The van der Waals surface area contributed by atoms with Gasteiger partial charge in [0.2, 0.25) is 0 Å². The second kappa shape index (κ2) is 6.60. The lowest BCUT2D eigenvalue weighted by atomic mass is 9.90. The van der Waals surface area contributed by atoms with E-state index in [1.165, 1.54) is 23.2 Å². The van der Waals surface area contributed by atoms with Crippen molar-refractivity contribution >= 4 is 11.7 Å². The van der Waals surface area contributed by atoms with E-state index in [0.29, 0.717) is 13.0 Å². The largest absolute Gasteiger partial charge is 0.466 e. The highest BCUT2D eigenvalue weighted by Crippen LogP contribution is 2.27. The minimum absolute atomic E-state index is 0.107. The van der Waals surface area contributed by atoms with Crippen LogP contribution in [0.3, 0.4) is 0 Å². The zero-order valence-corrected chi connectivity index (χ0v) is 11.9. The third kappa shape index (κ3) is 3.72. The van der Waals surface area contributed by atoms with E-state index < -0.39 is 0 Å². The summed E-state index contributed by atoms with van der Waals surface area (Å²) >= 11 is 0. The summed E-state index contributed by atoms with van der Waals surface area (Å²) in [6, 6.07) is 6.49. The molecule has 0 amide bonds. The van der Waals surface area contributed by atoms with E-state index in [0.717, 1.165) is 25.3 Å². The molecule has 1 heterocycles. The molecule has 1 unspecified atom stereocenters. The third-order valence-corrected chi connectivity index (χ3v) is 3.76. The number of hydrogen-bond donors (Lipinski definition) is 1. The van der Waals surface area contributed by atoms with Crippen molar-refractivity contribution in [1.29, 1.82) is 0 Å². The molecule has 1 aliphatic heterocycles. The smallest absolute Gasteiger partial charge is 0.306 e. The van der Waals surface area contributed by atoms with Crippen molar-refractivity contribution in [1.82, 2.24) is 0 Å². The summed E-state index contributed by atoms with van der Waals surface area (Å²) in [6.45, 7) is 5.62. The predicted octanol–water partition coefficient (Wildman–Crippen LogP) is 3.18. The standard InChI is InChI=1S/C16H23NO2/c1-3-12-9-14-10-13(5-7-15(14)17-11-12)6-8-16(18)19-4-2/h5,7,10,12,17H,3-4,6,8-9,11H2,1-2H3. The van der Waals surface area contributed by atoms with Crippen molar-refractivity contribution in [2.75, 3.05) is 18.5 Å². The minimum Gasteiger partial charge on any atom is -0.466 e. The molecular weight excluding hydrogens is 238 g/mol. The van der Waals surface area contributed by atoms with Gasteiger partial charge in [-0.3, -0.25) is 4.79 Å². The highest BCUT2D eigenvalue weighted by molar-refractivity contribution is 5.69. The maximum absolute atomic E-state index is 11.4. The molecule has 2 rings (SSSR count). The van der Waals surface area contributed by atoms with Gasteiger partial charge in [0.25, 0.3) is 0 Å². The van der Waals surface area contributed by atoms with E-state index in [2.05, 4.69) is 30.4 Å². The second-order valence-electron chi connectivity index (χ2n) is 5.16. The van der Waals surface area contributed by atoms with E-state index in [1.807, 2.05) is 6.92 Å². The number of esters is 1. The Morgan fingerprint density at radius 3 is 3.00 bits per heavy atom. The first-order valence-electron chi connectivity index (χ1n) is 7.24. The van der Waals surface area contributed by atoms with Crippen molar-refractivity contribution in [2.45, 2.75) is 39.5 Å². The van der Waals surface area contributed by atoms with Crippen molar-refractivity contribution in [3.63, 3.8) is 0 Å². The van der Waals surface area contributed by atoms with Crippen LogP contribution in [0.5, 0.6) is 0 Å². The first kappa shape index (κ1) is 13.9. The molecule has 0 radical (unpaired) electrons. The van der Waals surface area contributed by atoms with Crippen LogP contribution in [0, 0.1) is 5.92 Å². The number of carbonyl (C=O) groups is 1. The molecule has 0 aliphatic carbocycles. The molecule has 3 nitrogen and oxygen atoms in total. The SMILES string of the molecule is CCOC(=O)CCc1ccc2c(c1)CC(CC)CN2. The number of aryl methyl sites for hydroxylation is 1. The number of hydrogen-bond acceptors (Lipinski definition) is 3. The molecule has 1 aliphatic rings. The highest BCUT2D eigenvalue weighted by atomic mass is 16.5. The zero-order valence-electron chi connectivity index (χ0n) is 11.9. The minimum atomic E-state index is -0.107. The fourth-order valence-corrected chi connectivity index (χ4v) is 2.55. The van der Waals surface area contributed by atoms with Gasteiger partial charge in [-0.2, -0.15) is 0 Å². The zero-order chi connectivity index (χ0) is 13.7. The van der Waals surface area contributed by atoms with Gasteiger partial charge in [0.05, 0.1) is 6.61 Å². The first-order valence-corrected chi connectivity index (χ1v) is 7.24. The molecule has 0 aromatic heterocycles. The van der Waals surface area contributed by atoms with Crippen LogP contribution in [-0.4, -0.2) is 19.1 Å². The van der Waals surface area contributed by atoms with Crippen LogP contribution in [-0.2, 0) is 22.4 Å². The summed E-state index contributed by atoms with van der Waals surface area (Å²) in [7, 11) is 0. The summed E-state index contributed by atoms with van der Waals surface area (Å²) in [5.74, 6) is 0.623.